The fourth-order valence-electron chi connectivity index (χ4n) is 1.63. The Morgan fingerprint density at radius 1 is 1.14 bits per heavy atom. The average molecular weight is 187 g/mol. The molecule has 0 spiro atoms. The van der Waals surface area contributed by atoms with Gasteiger partial charge in [-0.3, -0.25) is 0 Å². The Morgan fingerprint density at radius 2 is 1.79 bits per heavy atom. The Hall–Kier alpha value is -1.64. The minimum absolute atomic E-state index is 0.300. The molecule has 0 unspecified atom stereocenters. The summed E-state index contributed by atoms with van der Waals surface area (Å²) >= 11 is 0. The van der Waals surface area contributed by atoms with Crippen LogP contribution in [0.3, 0.4) is 0 Å². The molecule has 0 atom stereocenters. The molecule has 1 aliphatic rings. The molecule has 3 heteroatoms. The van der Waals surface area contributed by atoms with Gasteiger partial charge in [0, 0.05) is 0 Å². The molecular formula is C11H13N3. The lowest BCUT2D eigenvalue weighted by molar-refractivity contribution is 0.716. The van der Waals surface area contributed by atoms with Crippen LogP contribution in [-0.2, 0) is 0 Å². The number of hydrogen-bond acceptors (Lipinski definition) is 3. The second kappa shape index (κ2) is 2.94. The number of nitrogens with two attached hydrogens (primary N) is 1. The summed E-state index contributed by atoms with van der Waals surface area (Å²) in [5.41, 5.74) is 7.33. The van der Waals surface area contributed by atoms with E-state index in [1.54, 1.807) is 0 Å². The molecule has 72 valence electrons. The highest BCUT2D eigenvalue weighted by atomic mass is 15.1. The monoisotopic (exact) mass is 187 g/mol. The van der Waals surface area contributed by atoms with Crippen molar-refractivity contribution in [2.24, 2.45) is 15.7 Å². The van der Waals surface area contributed by atoms with E-state index in [0.29, 0.717) is 5.96 Å². The Kier molecular flexibility index (Phi) is 1.88. The van der Waals surface area contributed by atoms with Crippen molar-refractivity contribution in [1.82, 2.24) is 0 Å². The molecule has 0 aliphatic carbocycles. The van der Waals surface area contributed by atoms with Crippen molar-refractivity contribution in [2.75, 3.05) is 0 Å². The summed E-state index contributed by atoms with van der Waals surface area (Å²) in [4.78, 5) is 8.53. The summed E-state index contributed by atoms with van der Waals surface area (Å²) in [7, 11) is 0. The lowest BCUT2D eigenvalue weighted by Gasteiger charge is -2.16. The van der Waals surface area contributed by atoms with E-state index < -0.39 is 0 Å². The van der Waals surface area contributed by atoms with E-state index in [2.05, 4.69) is 9.98 Å². The molecule has 3 nitrogen and oxygen atoms in total. The van der Waals surface area contributed by atoms with Gasteiger partial charge in [-0.1, -0.05) is 30.3 Å². The van der Waals surface area contributed by atoms with Crippen LogP contribution in [-0.4, -0.2) is 17.2 Å². The first-order chi connectivity index (χ1) is 6.59. The van der Waals surface area contributed by atoms with Gasteiger partial charge in [-0.25, -0.2) is 9.98 Å². The van der Waals surface area contributed by atoms with Crippen molar-refractivity contribution in [3.8, 4) is 0 Å². The van der Waals surface area contributed by atoms with Crippen LogP contribution >= 0.6 is 0 Å². The third-order valence-corrected chi connectivity index (χ3v) is 2.25. The van der Waals surface area contributed by atoms with Gasteiger partial charge in [0.15, 0.2) is 0 Å². The predicted molar refractivity (Wildman–Crippen MR) is 58.7 cm³/mol. The van der Waals surface area contributed by atoms with Crippen molar-refractivity contribution in [3.63, 3.8) is 0 Å². The van der Waals surface area contributed by atoms with Gasteiger partial charge in [0.25, 0.3) is 0 Å². The van der Waals surface area contributed by atoms with Crippen LogP contribution in [0.25, 0.3) is 0 Å². The molecule has 1 aliphatic heterocycles. The molecule has 0 saturated heterocycles. The summed E-state index contributed by atoms with van der Waals surface area (Å²) in [5.74, 6) is 0.369. The Morgan fingerprint density at radius 3 is 2.29 bits per heavy atom. The topological polar surface area (TPSA) is 50.7 Å². The molecule has 2 rings (SSSR count). The molecule has 14 heavy (non-hydrogen) atoms. The van der Waals surface area contributed by atoms with Gasteiger partial charge in [0.2, 0.25) is 5.96 Å². The molecule has 0 radical (unpaired) electrons. The number of guanidine groups is 1. The first kappa shape index (κ1) is 8.94. The molecule has 1 aromatic carbocycles. The van der Waals surface area contributed by atoms with E-state index >= 15 is 0 Å². The van der Waals surface area contributed by atoms with E-state index in [1.807, 2.05) is 44.2 Å². The number of hydrogen-bond donors (Lipinski definition) is 1. The predicted octanol–water partition coefficient (Wildman–Crippen LogP) is 1.58. The number of aliphatic imine (C=N–C) groups is 2. The quantitative estimate of drug-likeness (QED) is 0.713. The van der Waals surface area contributed by atoms with Crippen LogP contribution < -0.4 is 5.73 Å². The van der Waals surface area contributed by atoms with Crippen molar-refractivity contribution in [2.45, 2.75) is 19.4 Å². The fraction of sp³-hybridized carbons (Fsp3) is 0.273. The minimum atomic E-state index is -0.300. The van der Waals surface area contributed by atoms with Gasteiger partial charge in [-0.2, -0.15) is 0 Å². The third-order valence-electron chi connectivity index (χ3n) is 2.25. The highest BCUT2D eigenvalue weighted by Gasteiger charge is 2.30. The normalized spacial score (nSPS) is 19.0. The second-order valence-electron chi connectivity index (χ2n) is 3.86. The van der Waals surface area contributed by atoms with Crippen LogP contribution in [0.4, 0.5) is 0 Å². The van der Waals surface area contributed by atoms with Crippen molar-refractivity contribution in [1.29, 1.82) is 0 Å². The van der Waals surface area contributed by atoms with Gasteiger partial charge in [-0.05, 0) is 19.4 Å². The fourth-order valence-corrected chi connectivity index (χ4v) is 1.63. The largest absolute Gasteiger partial charge is 0.368 e. The summed E-state index contributed by atoms with van der Waals surface area (Å²) in [6.45, 7) is 4.03. The Balaban J connectivity index is 2.44. The molecule has 1 heterocycles. The smallest absolute Gasteiger partial charge is 0.216 e. The first-order valence-electron chi connectivity index (χ1n) is 4.59. The first-order valence-corrected chi connectivity index (χ1v) is 4.59. The highest BCUT2D eigenvalue weighted by molar-refractivity contribution is 6.15. The van der Waals surface area contributed by atoms with E-state index in [9.17, 15) is 0 Å². The molecule has 0 bridgehead atoms. The zero-order chi connectivity index (χ0) is 10.2. The zero-order valence-electron chi connectivity index (χ0n) is 8.36. The van der Waals surface area contributed by atoms with E-state index in [0.717, 1.165) is 11.3 Å². The van der Waals surface area contributed by atoms with E-state index in [-0.39, 0.29) is 5.54 Å². The summed E-state index contributed by atoms with van der Waals surface area (Å²) < 4.78 is 0. The summed E-state index contributed by atoms with van der Waals surface area (Å²) in [5, 5.41) is 0. The molecule has 0 saturated carbocycles. The number of rotatable bonds is 1. The van der Waals surface area contributed by atoms with Gasteiger partial charge in [0.05, 0.1) is 5.71 Å². The highest BCUT2D eigenvalue weighted by Crippen LogP contribution is 2.22. The van der Waals surface area contributed by atoms with Crippen molar-refractivity contribution < 1.29 is 0 Å². The van der Waals surface area contributed by atoms with Crippen LogP contribution in [0.15, 0.2) is 40.3 Å². The molecule has 1 aromatic rings. The minimum Gasteiger partial charge on any atom is -0.368 e. The van der Waals surface area contributed by atoms with Gasteiger partial charge >= 0.3 is 0 Å². The van der Waals surface area contributed by atoms with Crippen molar-refractivity contribution >= 4 is 11.7 Å². The van der Waals surface area contributed by atoms with Gasteiger partial charge in [-0.15, -0.1) is 0 Å². The molecule has 0 amide bonds. The number of benzene rings is 1. The summed E-state index contributed by atoms with van der Waals surface area (Å²) in [6, 6.07) is 10.0. The molecule has 0 aromatic heterocycles. The number of nitrogens with zero attached hydrogens (tertiary/aromatic N) is 2. The average Bonchev–Trinajstić information content (AvgIpc) is 2.41. The SMILES string of the molecule is CC1(C)N=C(N)N=C1c1ccccc1. The lowest BCUT2D eigenvalue weighted by Crippen LogP contribution is -2.27. The Labute approximate surface area is 83.4 Å². The van der Waals surface area contributed by atoms with E-state index in [4.69, 9.17) is 5.73 Å². The standard InChI is InChI=1S/C11H13N3/c1-11(2)9(13-10(12)14-11)8-6-4-3-5-7-8/h3-7H,1-2H3,(H2,12,14). The van der Waals surface area contributed by atoms with E-state index in [1.165, 1.54) is 0 Å². The molecular weight excluding hydrogens is 174 g/mol. The maximum Gasteiger partial charge on any atom is 0.216 e. The zero-order valence-corrected chi connectivity index (χ0v) is 8.36. The van der Waals surface area contributed by atoms with Gasteiger partial charge < -0.3 is 5.73 Å². The van der Waals surface area contributed by atoms with Crippen LogP contribution in [0, 0.1) is 0 Å². The third kappa shape index (κ3) is 1.41. The molecule has 2 N–H and O–H groups in total. The summed E-state index contributed by atoms with van der Waals surface area (Å²) in [6.07, 6.45) is 0. The van der Waals surface area contributed by atoms with Gasteiger partial charge in [0.1, 0.15) is 5.54 Å². The maximum absolute atomic E-state index is 5.60. The van der Waals surface area contributed by atoms with Crippen molar-refractivity contribution in [3.05, 3.63) is 35.9 Å². The second-order valence-corrected chi connectivity index (χ2v) is 3.86. The maximum atomic E-state index is 5.60. The lowest BCUT2D eigenvalue weighted by atomic mass is 9.94. The molecule has 0 fully saturated rings. The van der Waals surface area contributed by atoms with Crippen LogP contribution in [0.2, 0.25) is 0 Å². The van der Waals surface area contributed by atoms with Crippen LogP contribution in [0.5, 0.6) is 0 Å². The Bertz CT molecular complexity index is 402. The van der Waals surface area contributed by atoms with Crippen LogP contribution in [0.1, 0.15) is 19.4 Å².